The maximum atomic E-state index is 13.0. The van der Waals surface area contributed by atoms with E-state index in [-0.39, 0.29) is 5.91 Å². The number of carbonyl (C=O) groups is 1. The molecule has 4 nitrogen and oxygen atoms in total. The zero-order valence-corrected chi connectivity index (χ0v) is 17.6. The van der Waals surface area contributed by atoms with Gasteiger partial charge in [-0.05, 0) is 42.3 Å². The molecule has 0 aliphatic carbocycles. The van der Waals surface area contributed by atoms with Crippen LogP contribution in [0.2, 0.25) is 0 Å². The summed E-state index contributed by atoms with van der Waals surface area (Å²) in [5, 5.41) is 3.15. The van der Waals surface area contributed by atoms with Gasteiger partial charge >= 0.3 is 0 Å². The normalized spacial score (nSPS) is 14.5. The standard InChI is InChI=1S/C26H29N3O/c1-28-15-17-29(18-16-28)25-14-8-6-12-23(25)20-27-26(30)24-13-7-5-11-22(24)19-21-9-3-2-4-10-21/h2-14H,15-20H2,1H3,(H,27,30). The highest BCUT2D eigenvalue weighted by atomic mass is 16.1. The van der Waals surface area contributed by atoms with E-state index in [9.17, 15) is 4.79 Å². The second-order valence-electron chi connectivity index (χ2n) is 7.92. The van der Waals surface area contributed by atoms with Gasteiger partial charge in [-0.1, -0.05) is 66.7 Å². The van der Waals surface area contributed by atoms with Crippen LogP contribution in [0.1, 0.15) is 27.0 Å². The van der Waals surface area contributed by atoms with Gasteiger partial charge in [0, 0.05) is 44.0 Å². The summed E-state index contributed by atoms with van der Waals surface area (Å²) in [7, 11) is 2.16. The number of nitrogens with zero attached hydrogens (tertiary/aromatic N) is 2. The monoisotopic (exact) mass is 399 g/mol. The molecule has 0 radical (unpaired) electrons. The Hall–Kier alpha value is -3.11. The number of carbonyl (C=O) groups excluding carboxylic acids is 1. The number of anilines is 1. The molecular formula is C26H29N3O. The van der Waals surface area contributed by atoms with Crippen molar-refractivity contribution in [2.75, 3.05) is 38.1 Å². The summed E-state index contributed by atoms with van der Waals surface area (Å²) in [6.45, 7) is 4.69. The van der Waals surface area contributed by atoms with Crippen LogP contribution in [0.15, 0.2) is 78.9 Å². The van der Waals surface area contributed by atoms with Crippen LogP contribution in [0.25, 0.3) is 0 Å². The van der Waals surface area contributed by atoms with Crippen LogP contribution < -0.4 is 10.2 Å². The molecule has 1 N–H and O–H groups in total. The van der Waals surface area contributed by atoms with Gasteiger partial charge in [-0.3, -0.25) is 4.79 Å². The Kier molecular flexibility index (Phi) is 6.45. The lowest BCUT2D eigenvalue weighted by Gasteiger charge is -2.35. The van der Waals surface area contributed by atoms with E-state index >= 15 is 0 Å². The van der Waals surface area contributed by atoms with E-state index in [1.807, 2.05) is 48.5 Å². The molecule has 0 atom stereocenters. The van der Waals surface area contributed by atoms with Gasteiger partial charge in [0.2, 0.25) is 0 Å². The first-order valence-electron chi connectivity index (χ1n) is 10.6. The van der Waals surface area contributed by atoms with Gasteiger partial charge in [0.1, 0.15) is 0 Å². The van der Waals surface area contributed by atoms with Crippen molar-refractivity contribution in [2.45, 2.75) is 13.0 Å². The van der Waals surface area contributed by atoms with Crippen LogP contribution in [0.3, 0.4) is 0 Å². The molecule has 0 saturated carbocycles. The van der Waals surface area contributed by atoms with Gasteiger partial charge in [-0.15, -0.1) is 0 Å². The Morgan fingerprint density at radius 1 is 0.800 bits per heavy atom. The van der Waals surface area contributed by atoms with Gasteiger partial charge in [-0.2, -0.15) is 0 Å². The SMILES string of the molecule is CN1CCN(c2ccccc2CNC(=O)c2ccccc2Cc2ccccc2)CC1. The summed E-state index contributed by atoms with van der Waals surface area (Å²) < 4.78 is 0. The highest BCUT2D eigenvalue weighted by molar-refractivity contribution is 5.95. The number of rotatable bonds is 6. The third kappa shape index (κ3) is 4.89. The third-order valence-electron chi connectivity index (χ3n) is 5.77. The van der Waals surface area contributed by atoms with E-state index in [4.69, 9.17) is 0 Å². The Bertz CT molecular complexity index is 978. The minimum absolute atomic E-state index is 0.0188. The Morgan fingerprint density at radius 3 is 2.20 bits per heavy atom. The van der Waals surface area contributed by atoms with Crippen molar-refractivity contribution < 1.29 is 4.79 Å². The quantitative estimate of drug-likeness (QED) is 0.682. The van der Waals surface area contributed by atoms with Crippen molar-refractivity contribution in [3.63, 3.8) is 0 Å². The molecule has 0 bridgehead atoms. The fraction of sp³-hybridized carbons (Fsp3) is 0.269. The van der Waals surface area contributed by atoms with Gasteiger partial charge in [0.15, 0.2) is 0 Å². The van der Waals surface area contributed by atoms with Gasteiger partial charge in [0.05, 0.1) is 0 Å². The van der Waals surface area contributed by atoms with Crippen LogP contribution in [-0.2, 0) is 13.0 Å². The average Bonchev–Trinajstić information content (AvgIpc) is 2.79. The van der Waals surface area contributed by atoms with Crippen molar-refractivity contribution in [2.24, 2.45) is 0 Å². The third-order valence-corrected chi connectivity index (χ3v) is 5.77. The number of hydrogen-bond acceptors (Lipinski definition) is 3. The molecule has 0 aromatic heterocycles. The summed E-state index contributed by atoms with van der Waals surface area (Å²) in [5.74, 6) is -0.0188. The minimum Gasteiger partial charge on any atom is -0.369 e. The Labute approximate surface area is 179 Å². The largest absolute Gasteiger partial charge is 0.369 e. The molecular weight excluding hydrogens is 370 g/mol. The molecule has 1 heterocycles. The molecule has 4 rings (SSSR count). The maximum Gasteiger partial charge on any atom is 0.251 e. The fourth-order valence-electron chi connectivity index (χ4n) is 4.00. The molecule has 3 aromatic carbocycles. The number of piperazine rings is 1. The van der Waals surface area contributed by atoms with Crippen molar-refractivity contribution in [1.82, 2.24) is 10.2 Å². The summed E-state index contributed by atoms with van der Waals surface area (Å²) in [4.78, 5) is 17.8. The van der Waals surface area contributed by atoms with E-state index in [2.05, 4.69) is 52.5 Å². The molecule has 3 aromatic rings. The van der Waals surface area contributed by atoms with Gasteiger partial charge in [0.25, 0.3) is 5.91 Å². The molecule has 1 fully saturated rings. The zero-order chi connectivity index (χ0) is 20.8. The lowest BCUT2D eigenvalue weighted by molar-refractivity contribution is 0.0950. The summed E-state index contributed by atoms with van der Waals surface area (Å²) in [6.07, 6.45) is 0.752. The number of amides is 1. The van der Waals surface area contributed by atoms with Crippen LogP contribution >= 0.6 is 0 Å². The Morgan fingerprint density at radius 2 is 1.43 bits per heavy atom. The molecule has 4 heteroatoms. The van der Waals surface area contributed by atoms with Crippen molar-refractivity contribution in [3.8, 4) is 0 Å². The molecule has 0 unspecified atom stereocenters. The minimum atomic E-state index is -0.0188. The lowest BCUT2D eigenvalue weighted by atomic mass is 9.99. The molecule has 30 heavy (non-hydrogen) atoms. The van der Waals surface area contributed by atoms with Crippen LogP contribution in [-0.4, -0.2) is 44.0 Å². The van der Waals surface area contributed by atoms with E-state index < -0.39 is 0 Å². The molecule has 1 amide bonds. The first-order chi connectivity index (χ1) is 14.7. The smallest absolute Gasteiger partial charge is 0.251 e. The van der Waals surface area contributed by atoms with Gasteiger partial charge < -0.3 is 15.1 Å². The summed E-state index contributed by atoms with van der Waals surface area (Å²) >= 11 is 0. The molecule has 1 saturated heterocycles. The van der Waals surface area contributed by atoms with Crippen LogP contribution in [0.4, 0.5) is 5.69 Å². The number of benzene rings is 3. The van der Waals surface area contributed by atoms with Crippen LogP contribution in [0, 0.1) is 0 Å². The maximum absolute atomic E-state index is 13.0. The molecule has 0 spiro atoms. The fourth-order valence-corrected chi connectivity index (χ4v) is 4.00. The molecule has 1 aliphatic heterocycles. The number of para-hydroxylation sites is 1. The van der Waals surface area contributed by atoms with E-state index in [1.165, 1.54) is 11.3 Å². The Balaban J connectivity index is 1.46. The molecule has 154 valence electrons. The first-order valence-corrected chi connectivity index (χ1v) is 10.6. The average molecular weight is 400 g/mol. The molecule has 1 aliphatic rings. The highest BCUT2D eigenvalue weighted by Gasteiger charge is 2.17. The predicted octanol–water partition coefficient (Wildman–Crippen LogP) is 3.96. The topological polar surface area (TPSA) is 35.6 Å². The number of hydrogen-bond donors (Lipinski definition) is 1. The number of likely N-dealkylation sites (N-methyl/N-ethyl adjacent to an activating group) is 1. The van der Waals surface area contributed by atoms with E-state index in [0.717, 1.165) is 49.3 Å². The van der Waals surface area contributed by atoms with Gasteiger partial charge in [-0.25, -0.2) is 0 Å². The first kappa shape index (κ1) is 20.2. The second-order valence-corrected chi connectivity index (χ2v) is 7.92. The van der Waals surface area contributed by atoms with E-state index in [0.29, 0.717) is 6.54 Å². The number of nitrogens with one attached hydrogen (secondary N) is 1. The van der Waals surface area contributed by atoms with Crippen molar-refractivity contribution in [3.05, 3.63) is 101 Å². The van der Waals surface area contributed by atoms with Crippen LogP contribution in [0.5, 0.6) is 0 Å². The predicted molar refractivity (Wildman–Crippen MR) is 123 cm³/mol. The van der Waals surface area contributed by atoms with E-state index in [1.54, 1.807) is 0 Å². The summed E-state index contributed by atoms with van der Waals surface area (Å²) in [5.41, 5.74) is 5.39. The zero-order valence-electron chi connectivity index (χ0n) is 17.6. The van der Waals surface area contributed by atoms with Crippen molar-refractivity contribution in [1.29, 1.82) is 0 Å². The summed E-state index contributed by atoms with van der Waals surface area (Å²) in [6, 6.07) is 26.6. The van der Waals surface area contributed by atoms with Crippen molar-refractivity contribution >= 4 is 11.6 Å². The lowest BCUT2D eigenvalue weighted by Crippen LogP contribution is -2.45. The second kappa shape index (κ2) is 9.59. The highest BCUT2D eigenvalue weighted by Crippen LogP contribution is 2.22.